The van der Waals surface area contributed by atoms with Crippen LogP contribution >= 0.6 is 0 Å². The van der Waals surface area contributed by atoms with Gasteiger partial charge in [0.1, 0.15) is 18.2 Å². The van der Waals surface area contributed by atoms with E-state index in [1.165, 1.54) is 17.2 Å². The van der Waals surface area contributed by atoms with Crippen LogP contribution in [0.5, 0.6) is 0 Å². The highest BCUT2D eigenvalue weighted by molar-refractivity contribution is 6.22. The van der Waals surface area contributed by atoms with Gasteiger partial charge in [0.15, 0.2) is 0 Å². The lowest BCUT2D eigenvalue weighted by Crippen LogP contribution is -2.47. The highest BCUT2D eigenvalue weighted by Crippen LogP contribution is 2.30. The first-order valence-electron chi connectivity index (χ1n) is 12.3. The second-order valence-electron chi connectivity index (χ2n) is 9.40. The van der Waals surface area contributed by atoms with Crippen LogP contribution in [0.2, 0.25) is 0 Å². The van der Waals surface area contributed by atoms with E-state index < -0.39 is 29.5 Å². The fourth-order valence-corrected chi connectivity index (χ4v) is 5.27. The Hall–Kier alpha value is -4.52. The van der Waals surface area contributed by atoms with Crippen molar-refractivity contribution in [3.05, 3.63) is 117 Å². The first kappa shape index (κ1) is 22.9. The van der Waals surface area contributed by atoms with Crippen LogP contribution in [0.4, 0.5) is 0 Å². The van der Waals surface area contributed by atoms with E-state index in [-0.39, 0.29) is 24.2 Å². The third-order valence-electron chi connectivity index (χ3n) is 7.09. The topological polar surface area (TPSA) is 93.9 Å². The second-order valence-corrected chi connectivity index (χ2v) is 9.40. The predicted octanol–water partition coefficient (Wildman–Crippen LogP) is 4.23. The Bertz CT molecular complexity index is 1590. The number of benzene rings is 3. The standard InChI is InChI=1S/C30H23NO6/c32-27-16-21(24-14-19-9-6-10-20(19)15-26(24)37-27)17-36-30(35)25(13-18-7-2-1-3-8-18)31-28(33)22-11-4-5-12-23(22)29(31)34/h1-5,7-8,11-12,14-16,25H,6,9-10,13,17H2/t25-/m0/s1. The van der Waals surface area contributed by atoms with Gasteiger partial charge in [-0.25, -0.2) is 9.59 Å². The molecule has 6 rings (SSSR count). The van der Waals surface area contributed by atoms with E-state index in [0.717, 1.165) is 29.7 Å². The van der Waals surface area contributed by atoms with E-state index in [4.69, 9.17) is 9.15 Å². The highest BCUT2D eigenvalue weighted by atomic mass is 16.5. The first-order chi connectivity index (χ1) is 18.0. The molecule has 0 N–H and O–H groups in total. The average Bonchev–Trinajstić information content (AvgIpc) is 3.47. The van der Waals surface area contributed by atoms with Gasteiger partial charge >= 0.3 is 11.6 Å². The molecule has 7 nitrogen and oxygen atoms in total. The number of esters is 1. The van der Waals surface area contributed by atoms with Gasteiger partial charge in [-0.3, -0.25) is 14.5 Å². The average molecular weight is 494 g/mol. The maximum atomic E-state index is 13.5. The van der Waals surface area contributed by atoms with Gasteiger partial charge in [0.25, 0.3) is 11.8 Å². The minimum atomic E-state index is -1.16. The summed E-state index contributed by atoms with van der Waals surface area (Å²) in [4.78, 5) is 53.1. The quantitative estimate of drug-likeness (QED) is 0.227. The summed E-state index contributed by atoms with van der Waals surface area (Å²) in [6.45, 7) is -0.186. The molecule has 0 saturated carbocycles. The van der Waals surface area contributed by atoms with Gasteiger partial charge in [0.2, 0.25) is 0 Å². The van der Waals surface area contributed by atoms with Crippen molar-refractivity contribution in [1.29, 1.82) is 0 Å². The number of carbonyl (C=O) groups excluding carboxylic acids is 3. The summed E-state index contributed by atoms with van der Waals surface area (Å²) in [5, 5.41) is 0.716. The number of rotatable bonds is 6. The molecule has 0 fully saturated rings. The number of hydrogen-bond donors (Lipinski definition) is 0. The third-order valence-corrected chi connectivity index (χ3v) is 7.09. The molecule has 0 saturated heterocycles. The van der Waals surface area contributed by atoms with Gasteiger partial charge in [-0.15, -0.1) is 0 Å². The summed E-state index contributed by atoms with van der Waals surface area (Å²) in [7, 11) is 0. The van der Waals surface area contributed by atoms with Crippen LogP contribution in [0, 0.1) is 0 Å². The van der Waals surface area contributed by atoms with E-state index >= 15 is 0 Å². The smallest absolute Gasteiger partial charge is 0.336 e. The Morgan fingerprint density at radius 1 is 0.865 bits per heavy atom. The number of hydrogen-bond acceptors (Lipinski definition) is 6. The lowest BCUT2D eigenvalue weighted by atomic mass is 10.0. The van der Waals surface area contributed by atoms with E-state index in [0.29, 0.717) is 16.5 Å². The molecule has 37 heavy (non-hydrogen) atoms. The number of amides is 2. The van der Waals surface area contributed by atoms with Gasteiger partial charge in [-0.1, -0.05) is 42.5 Å². The van der Waals surface area contributed by atoms with Gasteiger partial charge in [0, 0.05) is 23.4 Å². The van der Waals surface area contributed by atoms with Crippen molar-refractivity contribution in [2.24, 2.45) is 0 Å². The van der Waals surface area contributed by atoms with E-state index in [1.807, 2.05) is 42.5 Å². The van der Waals surface area contributed by atoms with Crippen molar-refractivity contribution in [2.75, 3.05) is 0 Å². The molecule has 0 bridgehead atoms. The van der Waals surface area contributed by atoms with E-state index in [2.05, 4.69) is 0 Å². The molecule has 1 aliphatic heterocycles. The lowest BCUT2D eigenvalue weighted by Gasteiger charge is -2.25. The van der Waals surface area contributed by atoms with Gasteiger partial charge < -0.3 is 9.15 Å². The van der Waals surface area contributed by atoms with Gasteiger partial charge in [-0.05, 0) is 60.2 Å². The van der Waals surface area contributed by atoms with E-state index in [9.17, 15) is 19.2 Å². The minimum Gasteiger partial charge on any atom is -0.459 e. The molecule has 0 spiro atoms. The largest absolute Gasteiger partial charge is 0.459 e. The number of ether oxygens (including phenoxy) is 1. The van der Waals surface area contributed by atoms with Crippen molar-refractivity contribution in [3.8, 4) is 0 Å². The van der Waals surface area contributed by atoms with Gasteiger partial charge in [0.05, 0.1) is 11.1 Å². The summed E-state index contributed by atoms with van der Waals surface area (Å²) in [6, 6.07) is 19.7. The monoisotopic (exact) mass is 493 g/mol. The fraction of sp³-hybridized carbons (Fsp3) is 0.200. The first-order valence-corrected chi connectivity index (χ1v) is 12.3. The predicted molar refractivity (Wildman–Crippen MR) is 135 cm³/mol. The summed E-state index contributed by atoms with van der Waals surface area (Å²) < 4.78 is 11.1. The molecule has 4 aromatic rings. The Morgan fingerprint density at radius 3 is 2.22 bits per heavy atom. The van der Waals surface area contributed by atoms with E-state index in [1.54, 1.807) is 24.3 Å². The maximum Gasteiger partial charge on any atom is 0.336 e. The molecule has 7 heteroatoms. The molecule has 0 unspecified atom stereocenters. The summed E-state index contributed by atoms with van der Waals surface area (Å²) in [5.41, 5.74) is 4.12. The number of nitrogens with zero attached hydrogens (tertiary/aromatic N) is 1. The summed E-state index contributed by atoms with van der Waals surface area (Å²) in [5.74, 6) is -1.78. The van der Waals surface area contributed by atoms with Crippen LogP contribution in [-0.2, 0) is 35.4 Å². The minimum absolute atomic E-state index is 0.107. The molecule has 2 aliphatic rings. The molecule has 2 amide bonds. The molecule has 1 aromatic heterocycles. The summed E-state index contributed by atoms with van der Waals surface area (Å²) >= 11 is 0. The molecule has 3 aromatic carbocycles. The van der Waals surface area contributed by atoms with Crippen molar-refractivity contribution >= 4 is 28.8 Å². The molecule has 2 heterocycles. The number of aryl methyl sites for hydroxylation is 2. The van der Waals surface area contributed by atoms with Crippen LogP contribution in [0.15, 0.2) is 82.0 Å². The Balaban J connectivity index is 1.31. The number of fused-ring (bicyclic) bond motifs is 3. The lowest BCUT2D eigenvalue weighted by molar-refractivity contribution is -0.149. The zero-order valence-electron chi connectivity index (χ0n) is 19.9. The Labute approximate surface area is 212 Å². The normalized spacial score (nSPS) is 15.1. The van der Waals surface area contributed by atoms with Crippen LogP contribution in [0.3, 0.4) is 0 Å². The molecular formula is C30H23NO6. The van der Waals surface area contributed by atoms with Crippen LogP contribution < -0.4 is 5.63 Å². The van der Waals surface area contributed by atoms with Crippen LogP contribution in [0.1, 0.15) is 49.4 Å². The van der Waals surface area contributed by atoms with Gasteiger partial charge in [-0.2, -0.15) is 0 Å². The zero-order valence-corrected chi connectivity index (χ0v) is 19.9. The van der Waals surface area contributed by atoms with Crippen LogP contribution in [0.25, 0.3) is 11.0 Å². The molecule has 184 valence electrons. The SMILES string of the molecule is O=C(OCc1cc(=O)oc2cc3c(cc12)CCC3)[C@H](Cc1ccccc1)N1C(=O)c2ccccc2C1=O. The number of imide groups is 1. The van der Waals surface area contributed by atoms with Crippen molar-refractivity contribution in [2.45, 2.75) is 38.3 Å². The van der Waals surface area contributed by atoms with Crippen molar-refractivity contribution < 1.29 is 23.5 Å². The second kappa shape index (κ2) is 9.17. The molecule has 1 aliphatic carbocycles. The zero-order chi connectivity index (χ0) is 25.5. The summed E-state index contributed by atoms with van der Waals surface area (Å²) in [6.07, 6.45) is 3.04. The number of carbonyl (C=O) groups is 3. The third kappa shape index (κ3) is 4.12. The van der Waals surface area contributed by atoms with Crippen molar-refractivity contribution in [3.63, 3.8) is 0 Å². The highest BCUT2D eigenvalue weighted by Gasteiger charge is 2.43. The Kier molecular flexibility index (Phi) is 5.68. The molecular weight excluding hydrogens is 470 g/mol. The van der Waals surface area contributed by atoms with Crippen LogP contribution in [-0.4, -0.2) is 28.7 Å². The Morgan fingerprint density at radius 2 is 1.51 bits per heavy atom. The maximum absolute atomic E-state index is 13.5. The molecule has 1 atom stereocenters. The fourth-order valence-electron chi connectivity index (χ4n) is 5.27. The molecule has 0 radical (unpaired) electrons. The van der Waals surface area contributed by atoms with Crippen molar-refractivity contribution in [1.82, 2.24) is 4.90 Å².